The summed E-state index contributed by atoms with van der Waals surface area (Å²) in [6, 6.07) is 27.7. The summed E-state index contributed by atoms with van der Waals surface area (Å²) in [5, 5.41) is 12.0. The highest BCUT2D eigenvalue weighted by molar-refractivity contribution is 6.27. The molecule has 0 radical (unpaired) electrons. The van der Waals surface area contributed by atoms with Gasteiger partial charge in [-0.25, -0.2) is 0 Å². The van der Waals surface area contributed by atoms with Crippen LogP contribution in [0.4, 0.5) is 11.4 Å². The fraction of sp³-hybridized carbons (Fsp3) is 0.257. The lowest BCUT2D eigenvalue weighted by Crippen LogP contribution is -2.46. The van der Waals surface area contributed by atoms with Crippen LogP contribution in [0.15, 0.2) is 97.1 Å². The van der Waals surface area contributed by atoms with Gasteiger partial charge in [0.1, 0.15) is 0 Å². The van der Waals surface area contributed by atoms with Crippen LogP contribution in [0.25, 0.3) is 10.8 Å². The highest BCUT2D eigenvalue weighted by Crippen LogP contribution is 2.42. The second kappa shape index (κ2) is 11.3. The van der Waals surface area contributed by atoms with Crippen molar-refractivity contribution in [2.75, 3.05) is 18.6 Å². The molecule has 0 fully saturated rings. The van der Waals surface area contributed by atoms with Crippen LogP contribution in [0.2, 0.25) is 0 Å². The molecule has 0 unspecified atom stereocenters. The Balaban J connectivity index is 1.13. The number of ether oxygens (including phenoxy) is 1. The maximum Gasteiger partial charge on any atom is 0.263 e. The molecule has 0 saturated heterocycles. The van der Waals surface area contributed by atoms with Crippen LogP contribution in [-0.2, 0) is 22.5 Å². The molecule has 1 N–H and O–H groups in total. The minimum absolute atomic E-state index is 0.00613. The third-order valence-electron chi connectivity index (χ3n) is 8.39. The third-order valence-corrected chi connectivity index (χ3v) is 8.39. The van der Waals surface area contributed by atoms with Gasteiger partial charge in [0.05, 0.1) is 30.0 Å². The quantitative estimate of drug-likeness (QED) is 0.262. The molecule has 2 amide bonds. The first-order chi connectivity index (χ1) is 20.0. The predicted molar refractivity (Wildman–Crippen MR) is 161 cm³/mol. The summed E-state index contributed by atoms with van der Waals surface area (Å²) in [5.74, 6) is 0.00172. The van der Waals surface area contributed by atoms with E-state index >= 15 is 0 Å². The van der Waals surface area contributed by atoms with Crippen molar-refractivity contribution in [3.63, 3.8) is 0 Å². The van der Waals surface area contributed by atoms with Gasteiger partial charge in [-0.15, -0.1) is 0 Å². The number of benzene rings is 4. The Morgan fingerprint density at radius 1 is 1.00 bits per heavy atom. The zero-order chi connectivity index (χ0) is 28.5. The molecule has 0 saturated carbocycles. The van der Waals surface area contributed by atoms with Gasteiger partial charge in [0.2, 0.25) is 5.91 Å². The topological polar surface area (TPSA) is 70.1 Å². The molecule has 2 aliphatic heterocycles. The number of amides is 2. The van der Waals surface area contributed by atoms with E-state index in [1.54, 1.807) is 16.9 Å². The number of hydrogen-bond acceptors (Lipinski definition) is 4. The Bertz CT molecular complexity index is 1620. The van der Waals surface area contributed by atoms with Gasteiger partial charge in [-0.1, -0.05) is 79.7 Å². The average molecular weight is 547 g/mol. The number of carbonyl (C=O) groups excluding carboxylic acids is 2. The summed E-state index contributed by atoms with van der Waals surface area (Å²) in [7, 11) is 1.69. The average Bonchev–Trinajstić information content (AvgIpc) is 3.29. The molecule has 41 heavy (non-hydrogen) atoms. The fourth-order valence-corrected chi connectivity index (χ4v) is 6.28. The number of aliphatic hydroxyl groups excluding tert-OH is 1. The van der Waals surface area contributed by atoms with Crippen molar-refractivity contribution in [2.45, 2.75) is 38.5 Å². The van der Waals surface area contributed by atoms with Gasteiger partial charge in [-0.2, -0.15) is 0 Å². The summed E-state index contributed by atoms with van der Waals surface area (Å²) in [4.78, 5) is 30.0. The van der Waals surface area contributed by atoms with Crippen molar-refractivity contribution in [3.05, 3.63) is 119 Å². The van der Waals surface area contributed by atoms with E-state index in [1.165, 1.54) is 5.56 Å². The van der Waals surface area contributed by atoms with E-state index in [9.17, 15) is 14.7 Å². The predicted octanol–water partition coefficient (Wildman–Crippen LogP) is 6.35. The van der Waals surface area contributed by atoms with Crippen LogP contribution in [0, 0.1) is 5.92 Å². The van der Waals surface area contributed by atoms with Crippen LogP contribution in [0.3, 0.4) is 0 Å². The van der Waals surface area contributed by atoms with E-state index in [0.717, 1.165) is 38.8 Å². The van der Waals surface area contributed by atoms with Crippen LogP contribution in [0.1, 0.15) is 46.5 Å². The number of methoxy groups -OCH3 is 1. The van der Waals surface area contributed by atoms with Crippen molar-refractivity contribution in [1.82, 2.24) is 4.90 Å². The van der Waals surface area contributed by atoms with Crippen molar-refractivity contribution in [2.24, 2.45) is 5.92 Å². The van der Waals surface area contributed by atoms with Crippen molar-refractivity contribution < 1.29 is 19.4 Å². The zero-order valence-electron chi connectivity index (χ0n) is 23.4. The molecule has 4 aromatic rings. The Kier molecular flexibility index (Phi) is 7.43. The Morgan fingerprint density at radius 2 is 1.73 bits per heavy atom. The van der Waals surface area contributed by atoms with Crippen LogP contribution in [-0.4, -0.2) is 41.6 Å². The monoisotopic (exact) mass is 546 g/mol. The van der Waals surface area contributed by atoms with Crippen molar-refractivity contribution >= 4 is 34.0 Å². The Hall–Kier alpha value is -4.26. The summed E-state index contributed by atoms with van der Waals surface area (Å²) in [6.07, 6.45) is 4.65. The van der Waals surface area contributed by atoms with Gasteiger partial charge in [0.25, 0.3) is 5.91 Å². The zero-order valence-corrected chi connectivity index (χ0v) is 23.4. The molecule has 0 spiro atoms. The SMILES string of the molecule is CO[C@H](c1ccc(N2C(=O)c3cccc4cccc2c34)cc1)[C@H](C)/C=C/CC(=O)N1Cc2ccccc2C[C@H]1CO. The molecular weight excluding hydrogens is 512 g/mol. The van der Waals surface area contributed by atoms with E-state index in [0.29, 0.717) is 13.0 Å². The number of nitrogens with zero attached hydrogens (tertiary/aromatic N) is 2. The second-order valence-corrected chi connectivity index (χ2v) is 10.9. The van der Waals surface area contributed by atoms with E-state index in [1.807, 2.05) is 84.9 Å². The van der Waals surface area contributed by atoms with Crippen molar-refractivity contribution in [3.8, 4) is 0 Å². The number of carbonyl (C=O) groups is 2. The van der Waals surface area contributed by atoms with E-state index in [2.05, 4.69) is 19.1 Å². The molecule has 6 rings (SSSR count). The minimum atomic E-state index is -0.211. The fourth-order valence-electron chi connectivity index (χ4n) is 6.28. The Labute approximate surface area is 240 Å². The van der Waals surface area contributed by atoms with Crippen LogP contribution < -0.4 is 4.90 Å². The Morgan fingerprint density at radius 3 is 2.46 bits per heavy atom. The second-order valence-electron chi connectivity index (χ2n) is 10.9. The van der Waals surface area contributed by atoms with E-state index < -0.39 is 0 Å². The highest BCUT2D eigenvalue weighted by atomic mass is 16.5. The molecule has 0 aliphatic carbocycles. The van der Waals surface area contributed by atoms with Crippen molar-refractivity contribution in [1.29, 1.82) is 0 Å². The molecule has 4 aromatic carbocycles. The maximum absolute atomic E-state index is 13.3. The largest absolute Gasteiger partial charge is 0.394 e. The van der Waals surface area contributed by atoms with Gasteiger partial charge in [0.15, 0.2) is 0 Å². The van der Waals surface area contributed by atoms with Gasteiger partial charge >= 0.3 is 0 Å². The summed E-state index contributed by atoms with van der Waals surface area (Å²) < 4.78 is 5.87. The number of hydrogen-bond donors (Lipinski definition) is 1. The lowest BCUT2D eigenvalue weighted by molar-refractivity contribution is -0.134. The van der Waals surface area contributed by atoms with Gasteiger partial charge in [-0.05, 0) is 52.8 Å². The van der Waals surface area contributed by atoms with Crippen LogP contribution >= 0.6 is 0 Å². The number of rotatable bonds is 8. The molecule has 0 bridgehead atoms. The first kappa shape index (κ1) is 26.9. The van der Waals surface area contributed by atoms with Gasteiger partial charge in [-0.3, -0.25) is 14.5 Å². The highest BCUT2D eigenvalue weighted by Gasteiger charge is 2.31. The first-order valence-electron chi connectivity index (χ1n) is 14.1. The molecule has 2 heterocycles. The maximum atomic E-state index is 13.3. The molecule has 6 heteroatoms. The summed E-state index contributed by atoms with van der Waals surface area (Å²) >= 11 is 0. The molecule has 208 valence electrons. The molecule has 3 atom stereocenters. The number of fused-ring (bicyclic) bond motifs is 1. The standard InChI is InChI=1S/C35H34N2O4/c1-23(8-5-15-32(39)36-21-27-10-4-3-9-26(27)20-29(36)22-38)34(41-2)25-16-18-28(19-17-25)37-31-14-7-12-24-11-6-13-30(33(24)31)35(37)40/h3-14,16-19,23,29,34,38H,15,20-22H2,1-2H3/b8-5+/t23-,29+,34+/m1/s1. The van der Waals surface area contributed by atoms with E-state index in [-0.39, 0.29) is 42.9 Å². The van der Waals surface area contributed by atoms with Gasteiger partial charge < -0.3 is 14.7 Å². The van der Waals surface area contributed by atoms with Crippen LogP contribution in [0.5, 0.6) is 0 Å². The number of aliphatic hydroxyl groups is 1. The lowest BCUT2D eigenvalue weighted by atomic mass is 9.93. The molecule has 0 aromatic heterocycles. The van der Waals surface area contributed by atoms with E-state index in [4.69, 9.17) is 4.74 Å². The molecular formula is C35H34N2O4. The van der Waals surface area contributed by atoms with Gasteiger partial charge in [0, 0.05) is 37.1 Å². The summed E-state index contributed by atoms with van der Waals surface area (Å²) in [5.41, 5.74) is 5.78. The molecule has 6 nitrogen and oxygen atoms in total. The summed E-state index contributed by atoms with van der Waals surface area (Å²) in [6.45, 7) is 2.54. The normalized spacial score (nSPS) is 17.7. The first-order valence-corrected chi connectivity index (χ1v) is 14.1. The smallest absolute Gasteiger partial charge is 0.263 e. The minimum Gasteiger partial charge on any atom is -0.394 e. The lowest BCUT2D eigenvalue weighted by Gasteiger charge is -2.36. The number of anilines is 2. The third kappa shape index (κ3) is 4.94. The molecule has 2 aliphatic rings.